The molecule has 0 radical (unpaired) electrons. The molecule has 0 saturated carbocycles. The lowest BCUT2D eigenvalue weighted by molar-refractivity contribution is 0.837. The van der Waals surface area contributed by atoms with Gasteiger partial charge in [-0.15, -0.1) is 0 Å². The molecular formula is C15H12ClN. The molecule has 3 rings (SSSR count). The van der Waals surface area contributed by atoms with Crippen molar-refractivity contribution >= 4 is 22.5 Å². The summed E-state index contributed by atoms with van der Waals surface area (Å²) in [7, 11) is 0. The summed E-state index contributed by atoms with van der Waals surface area (Å²) in [6.07, 6.45) is 2.00. The zero-order chi connectivity index (χ0) is 11.7. The number of fused-ring (bicyclic) bond motifs is 1. The lowest BCUT2D eigenvalue weighted by Crippen LogP contribution is -1.96. The van der Waals surface area contributed by atoms with Gasteiger partial charge in [0.15, 0.2) is 0 Å². The molecule has 1 aromatic heterocycles. The number of benzene rings is 2. The van der Waals surface area contributed by atoms with Gasteiger partial charge >= 0.3 is 0 Å². The van der Waals surface area contributed by atoms with Crippen LogP contribution < -0.4 is 0 Å². The lowest BCUT2D eigenvalue weighted by Gasteiger charge is -2.04. The number of hydrogen-bond acceptors (Lipinski definition) is 0. The molecule has 2 heteroatoms. The second-order valence-electron chi connectivity index (χ2n) is 4.11. The second kappa shape index (κ2) is 4.27. The van der Waals surface area contributed by atoms with Crippen LogP contribution in [-0.2, 0) is 6.54 Å². The maximum Gasteiger partial charge on any atom is 0.0661 e. The van der Waals surface area contributed by atoms with Crippen molar-refractivity contribution in [2.45, 2.75) is 6.54 Å². The predicted octanol–water partition coefficient (Wildman–Crippen LogP) is 4.34. The third-order valence-electron chi connectivity index (χ3n) is 2.94. The summed E-state index contributed by atoms with van der Waals surface area (Å²) < 4.78 is 2.19. The fourth-order valence-corrected chi connectivity index (χ4v) is 2.39. The third kappa shape index (κ3) is 1.94. The van der Waals surface area contributed by atoms with Gasteiger partial charge in [0.1, 0.15) is 0 Å². The van der Waals surface area contributed by atoms with E-state index in [4.69, 9.17) is 11.6 Å². The minimum Gasteiger partial charge on any atom is -0.342 e. The van der Waals surface area contributed by atoms with Crippen molar-refractivity contribution in [3.05, 3.63) is 71.4 Å². The highest BCUT2D eigenvalue weighted by molar-refractivity contribution is 6.35. The fourth-order valence-electron chi connectivity index (χ4n) is 2.11. The van der Waals surface area contributed by atoms with Crippen molar-refractivity contribution in [3.8, 4) is 0 Å². The maximum atomic E-state index is 6.22. The molecule has 0 aliphatic heterocycles. The highest BCUT2D eigenvalue weighted by Crippen LogP contribution is 2.26. The van der Waals surface area contributed by atoms with Gasteiger partial charge in [-0.3, -0.25) is 0 Å². The molecule has 0 aliphatic carbocycles. The standard InChI is InChI=1S/C15H12ClN/c16-14-11-17(10-12-6-2-1-3-7-12)15-9-5-4-8-13(14)15/h1-9,11H,10H2. The quantitative estimate of drug-likeness (QED) is 0.629. The van der Waals surface area contributed by atoms with Crippen molar-refractivity contribution in [1.82, 2.24) is 4.57 Å². The Balaban J connectivity index is 2.07. The summed E-state index contributed by atoms with van der Waals surface area (Å²) in [5, 5.41) is 1.93. The van der Waals surface area contributed by atoms with Crippen molar-refractivity contribution in [3.63, 3.8) is 0 Å². The lowest BCUT2D eigenvalue weighted by atomic mass is 10.2. The summed E-state index contributed by atoms with van der Waals surface area (Å²) in [6.45, 7) is 0.855. The molecule has 0 unspecified atom stereocenters. The zero-order valence-electron chi connectivity index (χ0n) is 9.31. The van der Waals surface area contributed by atoms with Crippen LogP contribution in [0, 0.1) is 0 Å². The topological polar surface area (TPSA) is 4.93 Å². The number of hydrogen-bond donors (Lipinski definition) is 0. The molecule has 2 aromatic carbocycles. The first-order valence-electron chi connectivity index (χ1n) is 5.62. The predicted molar refractivity (Wildman–Crippen MR) is 72.5 cm³/mol. The highest BCUT2D eigenvalue weighted by Gasteiger charge is 2.05. The first-order chi connectivity index (χ1) is 8.34. The van der Waals surface area contributed by atoms with Crippen LogP contribution in [0.3, 0.4) is 0 Å². The number of para-hydroxylation sites is 1. The van der Waals surface area contributed by atoms with E-state index in [0.29, 0.717) is 0 Å². The normalized spacial score (nSPS) is 10.9. The monoisotopic (exact) mass is 241 g/mol. The Bertz CT molecular complexity index is 640. The smallest absolute Gasteiger partial charge is 0.0661 e. The van der Waals surface area contributed by atoms with Crippen LogP contribution in [-0.4, -0.2) is 4.57 Å². The van der Waals surface area contributed by atoms with Gasteiger partial charge in [0.2, 0.25) is 0 Å². The summed E-state index contributed by atoms with van der Waals surface area (Å²) in [6, 6.07) is 18.6. The zero-order valence-corrected chi connectivity index (χ0v) is 10.1. The van der Waals surface area contributed by atoms with Crippen LogP contribution in [0.5, 0.6) is 0 Å². The van der Waals surface area contributed by atoms with Gasteiger partial charge < -0.3 is 4.57 Å². The Labute approximate surface area is 105 Å². The van der Waals surface area contributed by atoms with Crippen LogP contribution in [0.1, 0.15) is 5.56 Å². The van der Waals surface area contributed by atoms with E-state index in [1.165, 1.54) is 11.1 Å². The Hall–Kier alpha value is -1.73. The van der Waals surface area contributed by atoms with E-state index < -0.39 is 0 Å². The van der Waals surface area contributed by atoms with Gasteiger partial charge in [0, 0.05) is 23.6 Å². The molecule has 3 aromatic rings. The van der Waals surface area contributed by atoms with Crippen molar-refractivity contribution in [2.75, 3.05) is 0 Å². The molecule has 0 aliphatic rings. The number of nitrogens with zero attached hydrogens (tertiary/aromatic N) is 1. The van der Waals surface area contributed by atoms with Gasteiger partial charge in [0.05, 0.1) is 5.02 Å². The van der Waals surface area contributed by atoms with E-state index in [2.05, 4.69) is 41.0 Å². The van der Waals surface area contributed by atoms with E-state index in [1.54, 1.807) is 0 Å². The average Bonchev–Trinajstić information content (AvgIpc) is 2.69. The first kappa shape index (κ1) is 10.4. The van der Waals surface area contributed by atoms with E-state index in [9.17, 15) is 0 Å². The average molecular weight is 242 g/mol. The molecule has 0 N–H and O–H groups in total. The van der Waals surface area contributed by atoms with Gasteiger partial charge in [-0.2, -0.15) is 0 Å². The van der Waals surface area contributed by atoms with Crippen LogP contribution in [0.2, 0.25) is 5.02 Å². The molecule has 0 fully saturated rings. The molecule has 84 valence electrons. The second-order valence-corrected chi connectivity index (χ2v) is 4.51. The maximum absolute atomic E-state index is 6.22. The highest BCUT2D eigenvalue weighted by atomic mass is 35.5. The summed E-state index contributed by atoms with van der Waals surface area (Å²) in [5.74, 6) is 0. The number of rotatable bonds is 2. The molecule has 17 heavy (non-hydrogen) atoms. The molecule has 0 saturated heterocycles. The van der Waals surface area contributed by atoms with Crippen LogP contribution in [0.15, 0.2) is 60.8 Å². The van der Waals surface area contributed by atoms with Gasteiger partial charge in [-0.05, 0) is 11.6 Å². The Morgan fingerprint density at radius 3 is 2.41 bits per heavy atom. The summed E-state index contributed by atoms with van der Waals surface area (Å²) in [5.41, 5.74) is 2.46. The van der Waals surface area contributed by atoms with E-state index in [0.717, 1.165) is 17.0 Å². The number of halogens is 1. The fraction of sp³-hybridized carbons (Fsp3) is 0.0667. The first-order valence-corrected chi connectivity index (χ1v) is 6.00. The van der Waals surface area contributed by atoms with Crippen LogP contribution >= 0.6 is 11.6 Å². The van der Waals surface area contributed by atoms with Crippen molar-refractivity contribution in [2.24, 2.45) is 0 Å². The van der Waals surface area contributed by atoms with E-state index in [-0.39, 0.29) is 0 Å². The molecule has 0 atom stereocenters. The molecular weight excluding hydrogens is 230 g/mol. The summed E-state index contributed by atoms with van der Waals surface area (Å²) in [4.78, 5) is 0. The molecule has 0 spiro atoms. The minimum atomic E-state index is 0.816. The Morgan fingerprint density at radius 1 is 0.882 bits per heavy atom. The third-order valence-corrected chi connectivity index (χ3v) is 3.24. The van der Waals surface area contributed by atoms with Gasteiger partial charge in [-0.1, -0.05) is 60.1 Å². The largest absolute Gasteiger partial charge is 0.342 e. The number of aromatic nitrogens is 1. The van der Waals surface area contributed by atoms with Gasteiger partial charge in [0.25, 0.3) is 0 Å². The van der Waals surface area contributed by atoms with E-state index in [1.807, 2.05) is 24.4 Å². The van der Waals surface area contributed by atoms with Gasteiger partial charge in [-0.25, -0.2) is 0 Å². The van der Waals surface area contributed by atoms with E-state index >= 15 is 0 Å². The minimum absolute atomic E-state index is 0.816. The summed E-state index contributed by atoms with van der Waals surface area (Å²) >= 11 is 6.22. The SMILES string of the molecule is Clc1cn(Cc2ccccc2)c2ccccc12. The van der Waals surface area contributed by atoms with Crippen LogP contribution in [0.25, 0.3) is 10.9 Å². The molecule has 0 bridgehead atoms. The van der Waals surface area contributed by atoms with Crippen LogP contribution in [0.4, 0.5) is 0 Å². The Kier molecular flexibility index (Phi) is 2.62. The molecule has 0 amide bonds. The Morgan fingerprint density at radius 2 is 1.59 bits per heavy atom. The molecule has 1 heterocycles. The van der Waals surface area contributed by atoms with Crippen molar-refractivity contribution < 1.29 is 0 Å². The molecule has 1 nitrogen and oxygen atoms in total. The van der Waals surface area contributed by atoms with Crippen molar-refractivity contribution in [1.29, 1.82) is 0 Å².